The Morgan fingerprint density at radius 1 is 1.22 bits per heavy atom. The minimum Gasteiger partial charge on any atom is -0.550 e. The van der Waals surface area contributed by atoms with Crippen LogP contribution in [-0.4, -0.2) is 26.3 Å². The van der Waals surface area contributed by atoms with Crippen LogP contribution in [0.2, 0.25) is 10.2 Å². The number of carboxylic acids is 1. The molecule has 0 aliphatic rings. The van der Waals surface area contributed by atoms with E-state index in [2.05, 4.69) is 36.6 Å². The van der Waals surface area contributed by atoms with E-state index in [1.54, 1.807) is 24.0 Å². The second kappa shape index (κ2) is 10.9. The van der Waals surface area contributed by atoms with E-state index in [0.717, 1.165) is 16.7 Å². The molecule has 6 nitrogen and oxygen atoms in total. The lowest BCUT2D eigenvalue weighted by atomic mass is 9.84. The predicted molar refractivity (Wildman–Crippen MR) is 126 cm³/mol. The Hall–Kier alpha value is -2.41. The first-order valence-electron chi connectivity index (χ1n) is 10.3. The van der Waals surface area contributed by atoms with Crippen molar-refractivity contribution in [2.45, 2.75) is 52.0 Å². The van der Waals surface area contributed by atoms with E-state index < -0.39 is 5.97 Å². The molecular formula is C24H30Cl2N4O2. The van der Waals surface area contributed by atoms with Crippen molar-refractivity contribution in [1.82, 2.24) is 14.8 Å². The number of aryl methyl sites for hydroxylation is 2. The molecule has 2 aromatic heterocycles. The van der Waals surface area contributed by atoms with Crippen LogP contribution in [0.3, 0.4) is 0 Å². The number of hydrogen-bond donors (Lipinski definition) is 1. The highest BCUT2D eigenvalue weighted by atomic mass is 35.5. The van der Waals surface area contributed by atoms with Crippen LogP contribution < -0.4 is 10.8 Å². The molecule has 0 saturated heterocycles. The zero-order valence-electron chi connectivity index (χ0n) is 19.2. The average Bonchev–Trinajstić information content (AvgIpc) is 2.98. The van der Waals surface area contributed by atoms with Crippen LogP contribution in [0.5, 0.6) is 0 Å². The monoisotopic (exact) mass is 476 g/mol. The van der Waals surface area contributed by atoms with Crippen molar-refractivity contribution in [1.29, 1.82) is 0 Å². The van der Waals surface area contributed by atoms with Gasteiger partial charge in [-0.15, -0.1) is 0 Å². The van der Waals surface area contributed by atoms with Gasteiger partial charge in [0.15, 0.2) is 0 Å². The summed E-state index contributed by atoms with van der Waals surface area (Å²) >= 11 is 12.7. The minimum absolute atomic E-state index is 0.0976. The van der Waals surface area contributed by atoms with Crippen molar-refractivity contribution in [2.75, 3.05) is 0 Å². The van der Waals surface area contributed by atoms with E-state index in [4.69, 9.17) is 23.2 Å². The molecule has 0 spiro atoms. The second-order valence-electron chi connectivity index (χ2n) is 8.92. The molecule has 0 aliphatic carbocycles. The van der Waals surface area contributed by atoms with Gasteiger partial charge in [-0.3, -0.25) is 9.67 Å². The van der Waals surface area contributed by atoms with E-state index in [0.29, 0.717) is 28.0 Å². The topological polar surface area (TPSA) is 98.5 Å². The molecule has 0 aliphatic heterocycles. The van der Waals surface area contributed by atoms with Crippen LogP contribution in [0.15, 0.2) is 42.6 Å². The molecule has 2 heterocycles. The van der Waals surface area contributed by atoms with Crippen molar-refractivity contribution in [2.24, 2.45) is 7.05 Å². The molecule has 0 bridgehead atoms. The minimum atomic E-state index is -1.11. The summed E-state index contributed by atoms with van der Waals surface area (Å²) < 4.78 is 1.58. The van der Waals surface area contributed by atoms with Gasteiger partial charge in [0, 0.05) is 35.7 Å². The van der Waals surface area contributed by atoms with Gasteiger partial charge in [-0.2, -0.15) is 5.10 Å². The molecule has 3 aromatic rings. The number of aromatic nitrogens is 3. The summed E-state index contributed by atoms with van der Waals surface area (Å²) in [5, 5.41) is 16.8. The second-order valence-corrected chi connectivity index (χ2v) is 9.71. The smallest absolute Gasteiger partial charge is 0.131 e. The maximum Gasteiger partial charge on any atom is 0.131 e. The van der Waals surface area contributed by atoms with Crippen molar-refractivity contribution in [3.63, 3.8) is 0 Å². The van der Waals surface area contributed by atoms with E-state index >= 15 is 0 Å². The van der Waals surface area contributed by atoms with Crippen LogP contribution in [0, 0.1) is 6.92 Å². The summed E-state index contributed by atoms with van der Waals surface area (Å²) in [6.45, 7) is 8.17. The fraction of sp³-hybridized carbons (Fsp3) is 0.375. The zero-order valence-corrected chi connectivity index (χ0v) is 20.7. The Labute approximate surface area is 199 Å². The highest BCUT2D eigenvalue weighted by molar-refractivity contribution is 6.31. The van der Waals surface area contributed by atoms with Gasteiger partial charge >= 0.3 is 0 Å². The lowest BCUT2D eigenvalue weighted by Gasteiger charge is -2.21. The quantitative estimate of drug-likeness (QED) is 0.584. The number of carboxylic acid groups (broad SMARTS) is 1. The summed E-state index contributed by atoms with van der Waals surface area (Å²) in [4.78, 5) is 15.5. The molecule has 1 aromatic carbocycles. The molecule has 3 rings (SSSR count). The first kappa shape index (κ1) is 25.8. The van der Waals surface area contributed by atoms with Crippen LogP contribution in [0.1, 0.15) is 56.2 Å². The third-order valence-electron chi connectivity index (χ3n) is 4.51. The average molecular weight is 477 g/mol. The largest absolute Gasteiger partial charge is 0.550 e. The fourth-order valence-corrected chi connectivity index (χ4v) is 3.75. The van der Waals surface area contributed by atoms with Gasteiger partial charge in [-0.25, -0.2) is 0 Å². The molecule has 32 heavy (non-hydrogen) atoms. The maximum absolute atomic E-state index is 11.2. The highest BCUT2D eigenvalue weighted by Crippen LogP contribution is 2.41. The maximum atomic E-state index is 11.2. The van der Waals surface area contributed by atoms with Crippen molar-refractivity contribution in [3.05, 3.63) is 69.5 Å². The predicted octanol–water partition coefficient (Wildman–Crippen LogP) is 3.79. The van der Waals surface area contributed by atoms with Crippen molar-refractivity contribution >= 4 is 29.2 Å². The lowest BCUT2D eigenvalue weighted by Crippen LogP contribution is -2.67. The first-order valence-corrected chi connectivity index (χ1v) is 11.1. The fourth-order valence-electron chi connectivity index (χ4n) is 3.27. The summed E-state index contributed by atoms with van der Waals surface area (Å²) in [7, 11) is 1.75. The number of hydrogen-bond acceptors (Lipinski definition) is 4. The van der Waals surface area contributed by atoms with Gasteiger partial charge in [-0.05, 0) is 75.9 Å². The summed E-state index contributed by atoms with van der Waals surface area (Å²) in [5.74, 6) is -1.38. The van der Waals surface area contributed by atoms with E-state index in [1.807, 2.05) is 37.3 Å². The standard InChI is InChI=1S/C20H19Cl2N3O2.C4H11N/c1-12-11-13(21)6-7-14(12)15(8-9-17(26)27)18-19(24-25(2)20(18)22)16-5-3-4-10-23-16;1-4(2,3)5/h3-7,10-11,15H,8-9H2,1-2H3,(H,26,27);5H2,1-3H3. The number of carbonyl (C=O) groups is 1. The van der Waals surface area contributed by atoms with Crippen LogP contribution in [0.4, 0.5) is 0 Å². The zero-order chi connectivity index (χ0) is 24.1. The van der Waals surface area contributed by atoms with Crippen molar-refractivity contribution in [3.8, 4) is 11.4 Å². The number of quaternary nitrogens is 1. The lowest BCUT2D eigenvalue weighted by molar-refractivity contribution is -0.458. The van der Waals surface area contributed by atoms with Gasteiger partial charge in [0.1, 0.15) is 10.8 Å². The van der Waals surface area contributed by atoms with Crippen molar-refractivity contribution < 1.29 is 15.6 Å². The number of nitrogens with zero attached hydrogens (tertiary/aromatic N) is 3. The molecule has 1 atom stereocenters. The normalized spacial score (nSPS) is 12.1. The Morgan fingerprint density at radius 3 is 2.41 bits per heavy atom. The summed E-state index contributed by atoms with van der Waals surface area (Å²) in [6.07, 6.45) is 1.92. The molecular weight excluding hydrogens is 447 g/mol. The molecule has 0 saturated carbocycles. The van der Waals surface area contributed by atoms with E-state index in [9.17, 15) is 9.90 Å². The SMILES string of the molecule is CC(C)(C)[NH3+].Cc1cc(Cl)ccc1C(CCC(=O)[O-])c1c(-c2ccccn2)nn(C)c1Cl. The number of rotatable bonds is 6. The Morgan fingerprint density at radius 2 is 1.88 bits per heavy atom. The summed E-state index contributed by atoms with van der Waals surface area (Å²) in [5.41, 5.74) is 8.00. The van der Waals surface area contributed by atoms with Gasteiger partial charge < -0.3 is 15.6 Å². The third-order valence-corrected chi connectivity index (χ3v) is 5.20. The third kappa shape index (κ3) is 7.33. The molecule has 1 unspecified atom stereocenters. The van der Waals surface area contributed by atoms with Crippen LogP contribution >= 0.6 is 23.2 Å². The van der Waals surface area contributed by atoms with E-state index in [-0.39, 0.29) is 17.9 Å². The number of carbonyl (C=O) groups excluding carboxylic acids is 1. The number of benzene rings is 1. The number of pyridine rings is 1. The number of aliphatic carboxylic acids is 1. The Kier molecular flexibility index (Phi) is 8.84. The summed E-state index contributed by atoms with van der Waals surface area (Å²) in [6, 6.07) is 11.1. The van der Waals surface area contributed by atoms with Crippen LogP contribution in [0.25, 0.3) is 11.4 Å². The molecule has 8 heteroatoms. The molecule has 172 valence electrons. The van der Waals surface area contributed by atoms with Gasteiger partial charge in [0.25, 0.3) is 0 Å². The highest BCUT2D eigenvalue weighted by Gasteiger charge is 2.27. The van der Waals surface area contributed by atoms with Gasteiger partial charge in [0.2, 0.25) is 0 Å². The molecule has 0 fully saturated rings. The van der Waals surface area contributed by atoms with Gasteiger partial charge in [0.05, 0.1) is 11.2 Å². The van der Waals surface area contributed by atoms with Crippen LogP contribution in [-0.2, 0) is 11.8 Å². The molecule has 0 amide bonds. The number of halogens is 2. The first-order chi connectivity index (χ1) is 14.9. The molecule has 0 radical (unpaired) electrons. The Bertz CT molecular complexity index is 1050. The molecule has 3 N–H and O–H groups in total. The van der Waals surface area contributed by atoms with Gasteiger partial charge in [-0.1, -0.05) is 35.3 Å². The van der Waals surface area contributed by atoms with E-state index in [1.165, 1.54) is 0 Å². The Balaban J connectivity index is 0.000000654.